The number of amides is 3. The van der Waals surface area contributed by atoms with Gasteiger partial charge in [-0.3, -0.25) is 19.8 Å². The molecule has 3 heterocycles. The number of hydrogen-bond acceptors (Lipinski definition) is 7. The van der Waals surface area contributed by atoms with Gasteiger partial charge in [-0.1, -0.05) is 30.3 Å². The molecule has 1 spiro atoms. The summed E-state index contributed by atoms with van der Waals surface area (Å²) in [5.41, 5.74) is 6.53. The van der Waals surface area contributed by atoms with Gasteiger partial charge in [0.05, 0.1) is 32.8 Å². The fraction of sp³-hybridized carbons (Fsp3) is 0.310. The van der Waals surface area contributed by atoms with Gasteiger partial charge in [-0.15, -0.1) is 11.3 Å². The molecule has 3 amide bonds. The Hall–Kier alpha value is -4.20. The number of likely N-dealkylation sites (tertiary alicyclic amines) is 1. The van der Waals surface area contributed by atoms with Crippen LogP contribution in [-0.2, 0) is 31.5 Å². The highest BCUT2D eigenvalue weighted by Crippen LogP contribution is 2.50. The number of nitrogen functional groups attached to an aromatic ring is 1. The maximum atomic E-state index is 14.9. The van der Waals surface area contributed by atoms with E-state index in [1.807, 2.05) is 0 Å². The molecule has 13 heteroatoms. The standard InChI is InChI=1S/C29H27F2N5O5S/c30-29(31)21-4-2-1-3-19(21)20-10-16(5-6-22(20)29)26(38)35-13-24(37)36-15-28(40-7-8-41-28)11-23(36)27(39)34-12-18-9-17(14-42-18)25(32)33/h1-6,9-10,14,23H,7-8,11-13,15H2,(H3,32,33)(H,34,39)(H,35,38). The van der Waals surface area contributed by atoms with Gasteiger partial charge in [0.1, 0.15) is 11.9 Å². The molecule has 1 aromatic heterocycles. The molecule has 6 rings (SSSR count). The summed E-state index contributed by atoms with van der Waals surface area (Å²) in [5.74, 6) is -5.89. The number of thiophene rings is 1. The van der Waals surface area contributed by atoms with E-state index in [4.69, 9.17) is 20.6 Å². The van der Waals surface area contributed by atoms with Crippen molar-refractivity contribution in [2.75, 3.05) is 26.3 Å². The molecule has 1 atom stereocenters. The number of amidine groups is 1. The van der Waals surface area contributed by atoms with Crippen LogP contribution in [-0.4, -0.2) is 66.6 Å². The van der Waals surface area contributed by atoms with E-state index in [1.54, 1.807) is 29.6 Å². The molecule has 1 aliphatic carbocycles. The Morgan fingerprint density at radius 1 is 1.02 bits per heavy atom. The summed E-state index contributed by atoms with van der Waals surface area (Å²) in [7, 11) is 0. The third-order valence-corrected chi connectivity index (χ3v) is 8.64. The van der Waals surface area contributed by atoms with Gasteiger partial charge in [0.25, 0.3) is 11.8 Å². The quantitative estimate of drug-likeness (QED) is 0.244. The van der Waals surface area contributed by atoms with Gasteiger partial charge in [0, 0.05) is 38.9 Å². The number of halogens is 2. The average Bonchev–Trinajstić information content (AvgIpc) is 3.77. The largest absolute Gasteiger partial charge is 0.384 e. The number of carbonyl (C=O) groups is 3. The maximum absolute atomic E-state index is 14.9. The van der Waals surface area contributed by atoms with Crippen LogP contribution in [0.5, 0.6) is 0 Å². The van der Waals surface area contributed by atoms with Crippen LogP contribution in [0.2, 0.25) is 0 Å². The number of nitrogens with two attached hydrogens (primary N) is 1. The number of fused-ring (bicyclic) bond motifs is 3. The Kier molecular flexibility index (Phi) is 7.03. The number of rotatable bonds is 7. The lowest BCUT2D eigenvalue weighted by molar-refractivity contribution is -0.152. The third-order valence-electron chi connectivity index (χ3n) is 7.71. The summed E-state index contributed by atoms with van der Waals surface area (Å²) in [4.78, 5) is 41.6. The second-order valence-electron chi connectivity index (χ2n) is 10.3. The molecule has 2 aromatic carbocycles. The highest BCUT2D eigenvalue weighted by atomic mass is 32.1. The Bertz CT molecular complexity index is 1600. The summed E-state index contributed by atoms with van der Waals surface area (Å²) in [6, 6.07) is 10.9. The molecule has 3 aliphatic rings. The zero-order valence-corrected chi connectivity index (χ0v) is 23.1. The lowest BCUT2D eigenvalue weighted by Gasteiger charge is -2.24. The predicted octanol–water partition coefficient (Wildman–Crippen LogP) is 2.54. The molecule has 0 bridgehead atoms. The van der Waals surface area contributed by atoms with Gasteiger partial charge in [0.15, 0.2) is 5.79 Å². The molecule has 0 saturated carbocycles. The predicted molar refractivity (Wildman–Crippen MR) is 149 cm³/mol. The molecule has 218 valence electrons. The van der Waals surface area contributed by atoms with Gasteiger partial charge in [-0.05, 0) is 29.3 Å². The molecule has 0 radical (unpaired) electrons. The second-order valence-corrected chi connectivity index (χ2v) is 11.3. The van der Waals surface area contributed by atoms with Crippen molar-refractivity contribution in [3.63, 3.8) is 0 Å². The normalized spacial score (nSPS) is 19.4. The molecule has 1 unspecified atom stereocenters. The van der Waals surface area contributed by atoms with E-state index in [1.165, 1.54) is 40.5 Å². The first-order chi connectivity index (χ1) is 20.1. The van der Waals surface area contributed by atoms with Crippen molar-refractivity contribution in [2.24, 2.45) is 5.73 Å². The fourth-order valence-electron chi connectivity index (χ4n) is 5.63. The molecule has 3 aromatic rings. The first-order valence-corrected chi connectivity index (χ1v) is 14.1. The highest BCUT2D eigenvalue weighted by molar-refractivity contribution is 7.10. The van der Waals surface area contributed by atoms with E-state index < -0.39 is 42.0 Å². The Morgan fingerprint density at radius 3 is 2.50 bits per heavy atom. The van der Waals surface area contributed by atoms with Crippen molar-refractivity contribution >= 4 is 34.9 Å². The zero-order chi connectivity index (χ0) is 29.6. The van der Waals surface area contributed by atoms with Crippen LogP contribution < -0.4 is 16.4 Å². The molecule has 2 saturated heterocycles. The second kappa shape index (κ2) is 10.6. The minimum atomic E-state index is -3.16. The maximum Gasteiger partial charge on any atom is 0.299 e. The van der Waals surface area contributed by atoms with Crippen molar-refractivity contribution < 1.29 is 32.6 Å². The van der Waals surface area contributed by atoms with Crippen molar-refractivity contribution in [3.8, 4) is 11.1 Å². The molecular weight excluding hydrogens is 568 g/mol. The van der Waals surface area contributed by atoms with E-state index >= 15 is 0 Å². The van der Waals surface area contributed by atoms with Crippen LogP contribution in [0.4, 0.5) is 8.78 Å². The van der Waals surface area contributed by atoms with Crippen molar-refractivity contribution in [3.05, 3.63) is 81.0 Å². The Morgan fingerprint density at radius 2 is 1.76 bits per heavy atom. The number of carbonyl (C=O) groups excluding carboxylic acids is 3. The van der Waals surface area contributed by atoms with Crippen molar-refractivity contribution in [1.29, 1.82) is 5.41 Å². The number of hydrogen-bond donors (Lipinski definition) is 4. The van der Waals surface area contributed by atoms with Crippen molar-refractivity contribution in [2.45, 2.75) is 30.7 Å². The van der Waals surface area contributed by atoms with Crippen LogP contribution in [0.3, 0.4) is 0 Å². The van der Waals surface area contributed by atoms with Crippen LogP contribution in [0.1, 0.15) is 38.3 Å². The number of nitrogens with zero attached hydrogens (tertiary/aromatic N) is 1. The molecular formula is C29H27F2N5O5S. The van der Waals surface area contributed by atoms with Crippen LogP contribution in [0, 0.1) is 5.41 Å². The van der Waals surface area contributed by atoms with E-state index in [0.29, 0.717) is 24.3 Å². The number of benzene rings is 2. The fourth-order valence-corrected chi connectivity index (χ4v) is 6.45. The van der Waals surface area contributed by atoms with Gasteiger partial charge < -0.3 is 30.7 Å². The van der Waals surface area contributed by atoms with Gasteiger partial charge in [-0.25, -0.2) is 0 Å². The smallest absolute Gasteiger partial charge is 0.299 e. The molecule has 10 nitrogen and oxygen atoms in total. The average molecular weight is 596 g/mol. The summed E-state index contributed by atoms with van der Waals surface area (Å²) in [6.45, 7) is 0.432. The van der Waals surface area contributed by atoms with E-state index in [0.717, 1.165) is 4.88 Å². The molecule has 5 N–H and O–H groups in total. The topological polar surface area (TPSA) is 147 Å². The minimum Gasteiger partial charge on any atom is -0.384 e. The van der Waals surface area contributed by atoms with Gasteiger partial charge >= 0.3 is 0 Å². The SMILES string of the molecule is N=C(N)c1csc(CNC(=O)C2CC3(CN2C(=O)CNC(=O)c2ccc4c(c2)-c2ccccc2C4(F)F)OCCO3)c1. The lowest BCUT2D eigenvalue weighted by Crippen LogP contribution is -2.49. The Balaban J connectivity index is 1.13. The zero-order valence-electron chi connectivity index (χ0n) is 22.2. The molecule has 2 aliphatic heterocycles. The van der Waals surface area contributed by atoms with E-state index in [2.05, 4.69) is 10.6 Å². The number of ether oxygens (including phenoxy) is 2. The number of nitrogens with one attached hydrogen (secondary N) is 3. The lowest BCUT2D eigenvalue weighted by atomic mass is 10.0. The van der Waals surface area contributed by atoms with E-state index in [-0.39, 0.29) is 47.6 Å². The van der Waals surface area contributed by atoms with Gasteiger partial charge in [0.2, 0.25) is 11.8 Å². The van der Waals surface area contributed by atoms with Crippen LogP contribution >= 0.6 is 11.3 Å². The molecule has 42 heavy (non-hydrogen) atoms. The first kappa shape index (κ1) is 27.9. The van der Waals surface area contributed by atoms with Crippen LogP contribution in [0.15, 0.2) is 53.9 Å². The minimum absolute atomic E-state index is 0.0119. The number of alkyl halides is 2. The summed E-state index contributed by atoms with van der Waals surface area (Å²) >= 11 is 1.35. The third kappa shape index (κ3) is 4.93. The summed E-state index contributed by atoms with van der Waals surface area (Å²) in [6.07, 6.45) is 0.125. The van der Waals surface area contributed by atoms with Crippen LogP contribution in [0.25, 0.3) is 11.1 Å². The van der Waals surface area contributed by atoms with E-state index in [9.17, 15) is 23.2 Å². The summed E-state index contributed by atoms with van der Waals surface area (Å²) < 4.78 is 41.3. The monoisotopic (exact) mass is 595 g/mol. The summed E-state index contributed by atoms with van der Waals surface area (Å²) in [5, 5.41) is 14.6. The molecule has 2 fully saturated rings. The Labute approximate surface area is 243 Å². The van der Waals surface area contributed by atoms with Gasteiger partial charge in [-0.2, -0.15) is 8.78 Å². The first-order valence-electron chi connectivity index (χ1n) is 13.3. The van der Waals surface area contributed by atoms with Crippen molar-refractivity contribution in [1.82, 2.24) is 15.5 Å². The highest BCUT2D eigenvalue weighted by Gasteiger charge is 2.52.